The Labute approximate surface area is 77.1 Å². The molecule has 1 saturated heterocycles. The molecule has 0 spiro atoms. The predicted octanol–water partition coefficient (Wildman–Crippen LogP) is -1.08. The first-order valence-electron chi connectivity index (χ1n) is 4.14. The summed E-state index contributed by atoms with van der Waals surface area (Å²) >= 11 is 0. The van der Waals surface area contributed by atoms with Crippen molar-refractivity contribution in [3.8, 4) is 0 Å². The van der Waals surface area contributed by atoms with Crippen LogP contribution in [0.2, 0.25) is 0 Å². The van der Waals surface area contributed by atoms with Gasteiger partial charge in [0.2, 0.25) is 5.96 Å². The van der Waals surface area contributed by atoms with Gasteiger partial charge in [0.1, 0.15) is 0 Å². The molecule has 0 aromatic carbocycles. The Bertz CT molecular complexity index is 223. The maximum Gasteiger partial charge on any atom is 0.221 e. The number of hydrogen-bond donors (Lipinski definition) is 3. The Morgan fingerprint density at radius 2 is 2.31 bits per heavy atom. The first kappa shape index (κ1) is 9.79. The molecule has 0 aromatic heterocycles. The average molecular weight is 185 g/mol. The molecule has 0 amide bonds. The van der Waals surface area contributed by atoms with Gasteiger partial charge >= 0.3 is 0 Å². The maximum absolute atomic E-state index is 7.57. The lowest BCUT2D eigenvalue weighted by Gasteiger charge is -2.33. The summed E-state index contributed by atoms with van der Waals surface area (Å²) in [5.74, 6) is 0.0273. The van der Waals surface area contributed by atoms with Gasteiger partial charge in [-0.2, -0.15) is 4.99 Å². The molecular formula is C7H15N5O. The number of guanidine groups is 2. The van der Waals surface area contributed by atoms with Gasteiger partial charge in [0, 0.05) is 6.54 Å². The minimum Gasteiger partial charge on any atom is -0.377 e. The highest BCUT2D eigenvalue weighted by molar-refractivity contribution is 5.91. The van der Waals surface area contributed by atoms with Crippen molar-refractivity contribution in [2.45, 2.75) is 13.0 Å². The van der Waals surface area contributed by atoms with Gasteiger partial charge < -0.3 is 21.1 Å². The van der Waals surface area contributed by atoms with Crippen molar-refractivity contribution in [3.05, 3.63) is 0 Å². The molecule has 1 heterocycles. The van der Waals surface area contributed by atoms with Crippen molar-refractivity contribution in [2.24, 2.45) is 16.5 Å². The van der Waals surface area contributed by atoms with E-state index in [0.717, 1.165) is 0 Å². The maximum atomic E-state index is 7.57. The molecule has 13 heavy (non-hydrogen) atoms. The molecule has 6 heteroatoms. The fraction of sp³-hybridized carbons (Fsp3) is 0.714. The molecule has 1 rings (SSSR count). The van der Waals surface area contributed by atoms with Gasteiger partial charge in [-0.3, -0.25) is 5.41 Å². The first-order chi connectivity index (χ1) is 6.11. The Hall–Kier alpha value is -1.30. The van der Waals surface area contributed by atoms with Crippen LogP contribution < -0.4 is 11.5 Å². The summed E-state index contributed by atoms with van der Waals surface area (Å²) in [7, 11) is 0. The van der Waals surface area contributed by atoms with E-state index in [1.54, 1.807) is 0 Å². The Morgan fingerprint density at radius 1 is 1.62 bits per heavy atom. The highest BCUT2D eigenvalue weighted by Crippen LogP contribution is 2.06. The van der Waals surface area contributed by atoms with Crippen LogP contribution in [0.25, 0.3) is 0 Å². The monoisotopic (exact) mass is 185 g/mol. The van der Waals surface area contributed by atoms with E-state index in [4.69, 9.17) is 21.6 Å². The summed E-state index contributed by atoms with van der Waals surface area (Å²) in [6.07, 6.45) is 0. The van der Waals surface area contributed by atoms with Crippen LogP contribution in [0, 0.1) is 5.41 Å². The average Bonchev–Trinajstić information content (AvgIpc) is 2.03. The van der Waals surface area contributed by atoms with Crippen molar-refractivity contribution in [1.29, 1.82) is 5.41 Å². The molecule has 1 aliphatic rings. The molecule has 0 aromatic rings. The molecule has 6 nitrogen and oxygen atoms in total. The number of ether oxygens (including phenoxy) is 1. The zero-order chi connectivity index (χ0) is 9.84. The molecule has 5 N–H and O–H groups in total. The molecule has 74 valence electrons. The van der Waals surface area contributed by atoms with E-state index in [1.165, 1.54) is 0 Å². The van der Waals surface area contributed by atoms with Crippen LogP contribution in [0.4, 0.5) is 0 Å². The lowest BCUT2D eigenvalue weighted by molar-refractivity contribution is 0.0323. The number of nitrogens with zero attached hydrogens (tertiary/aromatic N) is 2. The molecule has 1 atom stereocenters. The van der Waals surface area contributed by atoms with Crippen molar-refractivity contribution >= 4 is 11.9 Å². The number of morpholine rings is 1. The van der Waals surface area contributed by atoms with Crippen LogP contribution >= 0.6 is 0 Å². The summed E-state index contributed by atoms with van der Waals surface area (Å²) in [5.41, 5.74) is 10.3. The van der Waals surface area contributed by atoms with E-state index in [9.17, 15) is 0 Å². The van der Waals surface area contributed by atoms with Crippen molar-refractivity contribution in [1.82, 2.24) is 4.90 Å². The number of nitrogens with one attached hydrogen (secondary N) is 1. The van der Waals surface area contributed by atoms with Crippen molar-refractivity contribution in [3.63, 3.8) is 0 Å². The number of aliphatic imine (C=N–C) groups is 1. The topological polar surface area (TPSA) is 101 Å². The second-order valence-corrected chi connectivity index (χ2v) is 2.98. The van der Waals surface area contributed by atoms with Gasteiger partial charge in [-0.05, 0) is 6.92 Å². The van der Waals surface area contributed by atoms with E-state index in [-0.39, 0.29) is 18.0 Å². The standard InChI is InChI=1S/C7H15N5O/c1-5-4-13-3-2-12(5)7(10)11-6(8)9/h5H,2-4H2,1H3,(H5,8,9,10,11). The number of rotatable bonds is 0. The van der Waals surface area contributed by atoms with Crippen LogP contribution in [-0.2, 0) is 4.74 Å². The third-order valence-electron chi connectivity index (χ3n) is 1.87. The number of hydrogen-bond acceptors (Lipinski definition) is 2. The zero-order valence-electron chi connectivity index (χ0n) is 7.66. The lowest BCUT2D eigenvalue weighted by atomic mass is 10.3. The first-order valence-corrected chi connectivity index (χ1v) is 4.14. The van der Waals surface area contributed by atoms with Gasteiger partial charge in [-0.1, -0.05) is 0 Å². The molecule has 0 bridgehead atoms. The molecule has 0 radical (unpaired) electrons. The van der Waals surface area contributed by atoms with E-state index < -0.39 is 0 Å². The summed E-state index contributed by atoms with van der Waals surface area (Å²) in [4.78, 5) is 5.49. The summed E-state index contributed by atoms with van der Waals surface area (Å²) in [5, 5.41) is 7.57. The van der Waals surface area contributed by atoms with Crippen LogP contribution in [-0.4, -0.2) is 42.6 Å². The minimum atomic E-state index is -0.0799. The van der Waals surface area contributed by atoms with Crippen molar-refractivity contribution in [2.75, 3.05) is 19.8 Å². The zero-order valence-corrected chi connectivity index (χ0v) is 7.66. The van der Waals surface area contributed by atoms with E-state index in [1.807, 2.05) is 11.8 Å². The fourth-order valence-electron chi connectivity index (χ4n) is 1.23. The highest BCUT2D eigenvalue weighted by Gasteiger charge is 2.20. The SMILES string of the molecule is CC1COCCN1C(=N)N=C(N)N. The van der Waals surface area contributed by atoms with Gasteiger partial charge in [-0.15, -0.1) is 0 Å². The molecule has 1 unspecified atom stereocenters. The largest absolute Gasteiger partial charge is 0.377 e. The van der Waals surface area contributed by atoms with Gasteiger partial charge in [0.25, 0.3) is 0 Å². The second-order valence-electron chi connectivity index (χ2n) is 2.98. The van der Waals surface area contributed by atoms with Gasteiger partial charge in [0.05, 0.1) is 19.3 Å². The quantitative estimate of drug-likeness (QED) is 0.330. The minimum absolute atomic E-state index is 0.0799. The third-order valence-corrected chi connectivity index (χ3v) is 1.87. The molecular weight excluding hydrogens is 170 g/mol. The van der Waals surface area contributed by atoms with E-state index in [0.29, 0.717) is 19.8 Å². The molecule has 0 aliphatic carbocycles. The van der Waals surface area contributed by atoms with Crippen LogP contribution in [0.15, 0.2) is 4.99 Å². The smallest absolute Gasteiger partial charge is 0.221 e. The lowest BCUT2D eigenvalue weighted by Crippen LogP contribution is -2.47. The van der Waals surface area contributed by atoms with Gasteiger partial charge in [0.15, 0.2) is 5.96 Å². The van der Waals surface area contributed by atoms with Crippen LogP contribution in [0.5, 0.6) is 0 Å². The third kappa shape index (κ3) is 2.59. The highest BCUT2D eigenvalue weighted by atomic mass is 16.5. The Balaban J connectivity index is 2.59. The normalized spacial score (nSPS) is 22.5. The second kappa shape index (κ2) is 4.08. The summed E-state index contributed by atoms with van der Waals surface area (Å²) in [6.45, 7) is 3.86. The van der Waals surface area contributed by atoms with E-state index >= 15 is 0 Å². The summed E-state index contributed by atoms with van der Waals surface area (Å²) < 4.78 is 5.22. The number of nitrogens with two attached hydrogens (primary N) is 2. The predicted molar refractivity (Wildman–Crippen MR) is 50.5 cm³/mol. The molecule has 1 aliphatic heterocycles. The summed E-state index contributed by atoms with van der Waals surface area (Å²) in [6, 6.07) is 0.157. The Morgan fingerprint density at radius 3 is 2.85 bits per heavy atom. The Kier molecular flexibility index (Phi) is 3.07. The molecule has 0 saturated carbocycles. The van der Waals surface area contributed by atoms with Gasteiger partial charge in [-0.25, -0.2) is 0 Å². The van der Waals surface area contributed by atoms with Crippen molar-refractivity contribution < 1.29 is 4.74 Å². The van der Waals surface area contributed by atoms with Crippen LogP contribution in [0.3, 0.4) is 0 Å². The fourth-order valence-corrected chi connectivity index (χ4v) is 1.23. The van der Waals surface area contributed by atoms with Crippen LogP contribution in [0.1, 0.15) is 6.92 Å². The van der Waals surface area contributed by atoms with E-state index in [2.05, 4.69) is 4.99 Å². The molecule has 1 fully saturated rings.